The van der Waals surface area contributed by atoms with Crippen molar-refractivity contribution in [2.45, 2.75) is 44.3 Å². The van der Waals surface area contributed by atoms with Crippen molar-refractivity contribution in [1.82, 2.24) is 30.0 Å². The fourth-order valence-corrected chi connectivity index (χ4v) is 4.68. The Labute approximate surface area is 172 Å². The van der Waals surface area contributed by atoms with E-state index >= 15 is 0 Å². The summed E-state index contributed by atoms with van der Waals surface area (Å²) in [6.07, 6.45) is 5.48. The topological polar surface area (TPSA) is 68.5 Å². The molecule has 0 spiro atoms. The molecule has 1 saturated carbocycles. The van der Waals surface area contributed by atoms with Crippen molar-refractivity contribution in [1.29, 1.82) is 0 Å². The molecule has 1 aliphatic heterocycles. The van der Waals surface area contributed by atoms with Gasteiger partial charge in [-0.2, -0.15) is 0 Å². The van der Waals surface area contributed by atoms with Crippen LogP contribution in [0.4, 0.5) is 0 Å². The van der Waals surface area contributed by atoms with Gasteiger partial charge in [0.25, 0.3) is 0 Å². The molecule has 0 unspecified atom stereocenters. The predicted molar refractivity (Wildman–Crippen MR) is 110 cm³/mol. The summed E-state index contributed by atoms with van der Waals surface area (Å²) in [4.78, 5) is 5.20. The van der Waals surface area contributed by atoms with Gasteiger partial charge in [0.05, 0.1) is 26.3 Å². The fraction of sp³-hybridized carbons (Fsp3) is 0.667. The second kappa shape index (κ2) is 9.65. The van der Waals surface area contributed by atoms with Crippen LogP contribution >= 0.6 is 0 Å². The molecule has 1 aromatic heterocycles. The standard InChI is InChI=1S/C21H32N6O2/c1-28-16-15-27-21(22-23-24-27)20(17-7-9-19(29-2)10-8-17)26-13-11-25(12-14-26)18-5-3-4-6-18/h7-10,18,20H,3-6,11-16H2,1-2H3/t20-/m1/s1. The molecule has 2 fully saturated rings. The highest BCUT2D eigenvalue weighted by molar-refractivity contribution is 5.32. The van der Waals surface area contributed by atoms with E-state index in [2.05, 4.69) is 37.5 Å². The molecule has 1 atom stereocenters. The number of ether oxygens (including phenoxy) is 2. The van der Waals surface area contributed by atoms with Crippen LogP contribution in [0.1, 0.15) is 43.1 Å². The zero-order valence-electron chi connectivity index (χ0n) is 17.5. The van der Waals surface area contributed by atoms with Gasteiger partial charge in [0.2, 0.25) is 0 Å². The zero-order valence-corrected chi connectivity index (χ0v) is 17.5. The van der Waals surface area contributed by atoms with Crippen molar-refractivity contribution in [2.75, 3.05) is 47.0 Å². The Morgan fingerprint density at radius 1 is 1.03 bits per heavy atom. The summed E-state index contributed by atoms with van der Waals surface area (Å²) in [7, 11) is 3.40. The number of nitrogens with zero attached hydrogens (tertiary/aromatic N) is 6. The van der Waals surface area contributed by atoms with Crippen molar-refractivity contribution in [3.63, 3.8) is 0 Å². The Bertz CT molecular complexity index is 751. The van der Waals surface area contributed by atoms with E-state index in [1.165, 1.54) is 31.2 Å². The summed E-state index contributed by atoms with van der Waals surface area (Å²) in [5, 5.41) is 12.6. The number of piperazine rings is 1. The first kappa shape index (κ1) is 20.3. The van der Waals surface area contributed by atoms with Gasteiger partial charge in [-0.3, -0.25) is 9.80 Å². The van der Waals surface area contributed by atoms with E-state index in [1.54, 1.807) is 14.2 Å². The van der Waals surface area contributed by atoms with E-state index < -0.39 is 0 Å². The summed E-state index contributed by atoms with van der Waals surface area (Å²) in [6.45, 7) is 5.49. The molecule has 0 radical (unpaired) electrons. The third-order valence-corrected chi connectivity index (χ3v) is 6.30. The molecular formula is C21H32N6O2. The highest BCUT2D eigenvalue weighted by Crippen LogP contribution is 2.31. The number of methoxy groups -OCH3 is 2. The number of tetrazole rings is 1. The number of benzene rings is 1. The van der Waals surface area contributed by atoms with Gasteiger partial charge in [-0.15, -0.1) is 5.10 Å². The SMILES string of the molecule is COCCn1nnnc1[C@@H](c1ccc(OC)cc1)N1CCN(C2CCCC2)CC1. The summed E-state index contributed by atoms with van der Waals surface area (Å²) in [5.41, 5.74) is 1.19. The Hall–Kier alpha value is -2.03. The minimum Gasteiger partial charge on any atom is -0.497 e. The van der Waals surface area contributed by atoms with E-state index in [9.17, 15) is 0 Å². The fourth-order valence-electron chi connectivity index (χ4n) is 4.68. The van der Waals surface area contributed by atoms with Gasteiger partial charge >= 0.3 is 0 Å². The lowest BCUT2D eigenvalue weighted by Gasteiger charge is -2.41. The molecule has 8 nitrogen and oxygen atoms in total. The molecule has 0 N–H and O–H groups in total. The molecule has 1 aromatic carbocycles. The first-order chi connectivity index (χ1) is 14.3. The summed E-state index contributed by atoms with van der Waals surface area (Å²) < 4.78 is 12.5. The Kier molecular flexibility index (Phi) is 6.74. The molecule has 158 valence electrons. The molecule has 0 bridgehead atoms. The van der Waals surface area contributed by atoms with E-state index in [4.69, 9.17) is 9.47 Å². The summed E-state index contributed by atoms with van der Waals surface area (Å²) in [5.74, 6) is 1.74. The molecule has 29 heavy (non-hydrogen) atoms. The Balaban J connectivity index is 1.56. The zero-order chi connectivity index (χ0) is 20.1. The molecule has 2 aliphatic rings. The lowest BCUT2D eigenvalue weighted by atomic mass is 10.0. The van der Waals surface area contributed by atoms with Crippen LogP contribution in [0.25, 0.3) is 0 Å². The van der Waals surface area contributed by atoms with Crippen LogP contribution in [-0.4, -0.2) is 83.1 Å². The molecule has 0 amide bonds. The van der Waals surface area contributed by atoms with Gasteiger partial charge < -0.3 is 9.47 Å². The number of hydrogen-bond acceptors (Lipinski definition) is 7. The number of aromatic nitrogens is 4. The van der Waals surface area contributed by atoms with Gasteiger partial charge in [-0.05, 0) is 41.0 Å². The Morgan fingerprint density at radius 3 is 2.41 bits per heavy atom. The molecule has 4 rings (SSSR count). The lowest BCUT2D eigenvalue weighted by molar-refractivity contribution is 0.0763. The normalized spacial score (nSPS) is 20.2. The lowest BCUT2D eigenvalue weighted by Crippen LogP contribution is -2.51. The summed E-state index contributed by atoms with van der Waals surface area (Å²) in [6, 6.07) is 9.09. The third kappa shape index (κ3) is 4.60. The number of rotatable bonds is 8. The molecule has 1 saturated heterocycles. The smallest absolute Gasteiger partial charge is 0.173 e. The van der Waals surface area contributed by atoms with Crippen molar-refractivity contribution in [3.05, 3.63) is 35.7 Å². The monoisotopic (exact) mass is 400 g/mol. The van der Waals surface area contributed by atoms with Crippen LogP contribution in [-0.2, 0) is 11.3 Å². The average Bonchev–Trinajstić information content (AvgIpc) is 3.46. The van der Waals surface area contributed by atoms with Gasteiger partial charge in [0.15, 0.2) is 5.82 Å². The van der Waals surface area contributed by atoms with Gasteiger partial charge in [0, 0.05) is 39.3 Å². The second-order valence-electron chi connectivity index (χ2n) is 7.94. The molecular weight excluding hydrogens is 368 g/mol. The molecule has 1 aliphatic carbocycles. The first-order valence-electron chi connectivity index (χ1n) is 10.7. The van der Waals surface area contributed by atoms with Crippen LogP contribution in [0.2, 0.25) is 0 Å². The number of hydrogen-bond donors (Lipinski definition) is 0. The van der Waals surface area contributed by atoms with Gasteiger partial charge in [0.1, 0.15) is 5.75 Å². The molecule has 2 heterocycles. The molecule has 2 aromatic rings. The van der Waals surface area contributed by atoms with Crippen LogP contribution in [0.3, 0.4) is 0 Å². The highest BCUT2D eigenvalue weighted by Gasteiger charge is 2.33. The second-order valence-corrected chi connectivity index (χ2v) is 7.94. The minimum atomic E-state index is 0.0264. The van der Waals surface area contributed by atoms with Gasteiger partial charge in [-0.1, -0.05) is 25.0 Å². The van der Waals surface area contributed by atoms with Crippen molar-refractivity contribution < 1.29 is 9.47 Å². The van der Waals surface area contributed by atoms with E-state index in [1.807, 2.05) is 16.8 Å². The minimum absolute atomic E-state index is 0.0264. The third-order valence-electron chi connectivity index (χ3n) is 6.30. The van der Waals surface area contributed by atoms with Crippen LogP contribution in [0, 0.1) is 0 Å². The van der Waals surface area contributed by atoms with Crippen molar-refractivity contribution >= 4 is 0 Å². The maximum atomic E-state index is 5.35. The quantitative estimate of drug-likeness (QED) is 0.671. The van der Waals surface area contributed by atoms with Crippen molar-refractivity contribution in [3.8, 4) is 5.75 Å². The highest BCUT2D eigenvalue weighted by atomic mass is 16.5. The van der Waals surface area contributed by atoms with Crippen LogP contribution in [0.5, 0.6) is 5.75 Å². The van der Waals surface area contributed by atoms with Gasteiger partial charge in [-0.25, -0.2) is 4.68 Å². The first-order valence-corrected chi connectivity index (χ1v) is 10.7. The maximum absolute atomic E-state index is 5.35. The summed E-state index contributed by atoms with van der Waals surface area (Å²) >= 11 is 0. The average molecular weight is 401 g/mol. The predicted octanol–water partition coefficient (Wildman–Crippen LogP) is 1.98. The van der Waals surface area contributed by atoms with E-state index in [-0.39, 0.29) is 6.04 Å². The van der Waals surface area contributed by atoms with E-state index in [0.717, 1.165) is 43.8 Å². The molecule has 8 heteroatoms. The maximum Gasteiger partial charge on any atom is 0.173 e. The largest absolute Gasteiger partial charge is 0.497 e. The van der Waals surface area contributed by atoms with E-state index in [0.29, 0.717) is 13.2 Å². The van der Waals surface area contributed by atoms with Crippen LogP contribution in [0.15, 0.2) is 24.3 Å². The van der Waals surface area contributed by atoms with Crippen molar-refractivity contribution in [2.24, 2.45) is 0 Å². The Morgan fingerprint density at radius 2 is 1.76 bits per heavy atom. The van der Waals surface area contributed by atoms with Crippen LogP contribution < -0.4 is 4.74 Å².